The molecule has 0 atom stereocenters. The summed E-state index contributed by atoms with van der Waals surface area (Å²) in [5, 5.41) is 1.80. The number of ether oxygens (including phenoxy) is 1. The van der Waals surface area contributed by atoms with Crippen molar-refractivity contribution >= 4 is 43.7 Å². The molecule has 6 heteroatoms. The summed E-state index contributed by atoms with van der Waals surface area (Å²) < 4.78 is 29.3. The van der Waals surface area contributed by atoms with Crippen LogP contribution in [0.4, 0.5) is 4.79 Å². The molecule has 0 fully saturated rings. The van der Waals surface area contributed by atoms with Crippen LogP contribution in [0.3, 0.4) is 0 Å². The van der Waals surface area contributed by atoms with Crippen molar-refractivity contribution in [2.45, 2.75) is 4.90 Å². The number of sulfone groups is 1. The molecule has 3 rings (SSSR count). The molecule has 1 heterocycles. The first kappa shape index (κ1) is 13.1. The summed E-state index contributed by atoms with van der Waals surface area (Å²) in [5.41, 5.74) is -0.398. The van der Waals surface area contributed by atoms with Gasteiger partial charge in [0.05, 0.1) is 9.80 Å². The summed E-state index contributed by atoms with van der Waals surface area (Å²) in [4.78, 5) is 10.9. The van der Waals surface area contributed by atoms with E-state index in [1.165, 1.54) is 6.08 Å². The number of halogens is 1. The summed E-state index contributed by atoms with van der Waals surface area (Å²) in [6, 6.07) is 10.8. The molecule has 0 bridgehead atoms. The first-order valence-corrected chi connectivity index (χ1v) is 7.66. The molecule has 0 N–H and O–H groups in total. The molecule has 1 aliphatic heterocycles. The minimum absolute atomic E-state index is 0.0397. The van der Waals surface area contributed by atoms with Crippen molar-refractivity contribution in [3.8, 4) is 0 Å². The predicted octanol–water partition coefficient (Wildman–Crippen LogP) is 3.34. The Morgan fingerprint density at radius 3 is 2.65 bits per heavy atom. The van der Waals surface area contributed by atoms with E-state index in [1.54, 1.807) is 12.1 Å². The Kier molecular flexibility index (Phi) is 3.03. The Hall–Kier alpha value is -1.85. The standard InChI is InChI=1S/C14H9ClO4S/c15-14(16)19-8-10-7-12-11-4-2-1-3-9(11)5-6-13(12)20(10,17)18/h1-7H,8H2. The first-order chi connectivity index (χ1) is 9.50. The quantitative estimate of drug-likeness (QED) is 0.798. The highest BCUT2D eigenvalue weighted by molar-refractivity contribution is 7.95. The zero-order valence-corrected chi connectivity index (χ0v) is 11.7. The molecule has 0 spiro atoms. The maximum absolute atomic E-state index is 12.3. The van der Waals surface area contributed by atoms with Crippen LogP contribution in [0, 0.1) is 0 Å². The average Bonchev–Trinajstić information content (AvgIpc) is 2.68. The smallest absolute Gasteiger partial charge is 0.404 e. The van der Waals surface area contributed by atoms with Crippen molar-refractivity contribution in [2.75, 3.05) is 6.61 Å². The van der Waals surface area contributed by atoms with Gasteiger partial charge < -0.3 is 4.74 Å². The van der Waals surface area contributed by atoms with Gasteiger partial charge in [0.15, 0.2) is 0 Å². The molecular formula is C14H9ClO4S. The van der Waals surface area contributed by atoms with Gasteiger partial charge in [0.1, 0.15) is 6.61 Å². The summed E-state index contributed by atoms with van der Waals surface area (Å²) in [7, 11) is -3.61. The van der Waals surface area contributed by atoms with E-state index in [2.05, 4.69) is 4.74 Å². The minimum Gasteiger partial charge on any atom is -0.448 e. The lowest BCUT2D eigenvalue weighted by Gasteiger charge is -2.04. The van der Waals surface area contributed by atoms with Crippen molar-refractivity contribution in [2.24, 2.45) is 0 Å². The molecule has 2 aromatic rings. The number of benzene rings is 2. The number of carbonyl (C=O) groups excluding carboxylic acids is 1. The van der Waals surface area contributed by atoms with Crippen LogP contribution in [0.1, 0.15) is 5.56 Å². The third kappa shape index (κ3) is 1.99. The highest BCUT2D eigenvalue weighted by Gasteiger charge is 2.31. The Morgan fingerprint density at radius 1 is 1.15 bits per heavy atom. The van der Waals surface area contributed by atoms with Gasteiger partial charge in [0, 0.05) is 17.2 Å². The minimum atomic E-state index is -3.61. The van der Waals surface area contributed by atoms with Gasteiger partial charge in [-0.25, -0.2) is 13.2 Å². The van der Waals surface area contributed by atoms with E-state index in [4.69, 9.17) is 11.6 Å². The molecule has 0 unspecified atom stereocenters. The van der Waals surface area contributed by atoms with Crippen LogP contribution < -0.4 is 0 Å². The van der Waals surface area contributed by atoms with Gasteiger partial charge in [-0.1, -0.05) is 30.3 Å². The van der Waals surface area contributed by atoms with Gasteiger partial charge in [0.25, 0.3) is 0 Å². The van der Waals surface area contributed by atoms with Crippen molar-refractivity contribution < 1.29 is 17.9 Å². The lowest BCUT2D eigenvalue weighted by atomic mass is 10.0. The molecule has 0 aliphatic carbocycles. The molecule has 20 heavy (non-hydrogen) atoms. The van der Waals surface area contributed by atoms with Gasteiger partial charge in [-0.15, -0.1) is 0 Å². The molecule has 0 aromatic heterocycles. The molecular weight excluding hydrogens is 300 g/mol. The van der Waals surface area contributed by atoms with Crippen LogP contribution >= 0.6 is 11.6 Å². The number of hydrogen-bond acceptors (Lipinski definition) is 4. The van der Waals surface area contributed by atoms with E-state index < -0.39 is 15.3 Å². The zero-order chi connectivity index (χ0) is 14.3. The molecule has 1 aliphatic rings. The van der Waals surface area contributed by atoms with Crippen LogP contribution in [-0.4, -0.2) is 20.5 Å². The van der Waals surface area contributed by atoms with Gasteiger partial charge in [-0.2, -0.15) is 0 Å². The number of fused-ring (bicyclic) bond motifs is 3. The van der Waals surface area contributed by atoms with Crippen LogP contribution in [0.25, 0.3) is 16.8 Å². The number of carbonyl (C=O) groups is 1. The summed E-state index contributed by atoms with van der Waals surface area (Å²) in [6.07, 6.45) is 1.53. The maximum atomic E-state index is 12.3. The van der Waals surface area contributed by atoms with Crippen molar-refractivity contribution in [3.05, 3.63) is 46.9 Å². The largest absolute Gasteiger partial charge is 0.448 e. The van der Waals surface area contributed by atoms with Crippen molar-refractivity contribution in [1.29, 1.82) is 0 Å². The van der Waals surface area contributed by atoms with Crippen molar-refractivity contribution in [3.63, 3.8) is 0 Å². The lowest BCUT2D eigenvalue weighted by Crippen LogP contribution is -2.07. The highest BCUT2D eigenvalue weighted by atomic mass is 35.5. The fraction of sp³-hybridized carbons (Fsp3) is 0.0714. The maximum Gasteiger partial charge on any atom is 0.404 e. The molecule has 0 amide bonds. The molecule has 2 aromatic carbocycles. The summed E-state index contributed by atoms with van der Waals surface area (Å²) >= 11 is 5.07. The lowest BCUT2D eigenvalue weighted by molar-refractivity contribution is 0.185. The SMILES string of the molecule is O=C(Cl)OCC1=Cc2c(ccc3ccccc23)S1(=O)=O. The highest BCUT2D eigenvalue weighted by Crippen LogP contribution is 2.37. The van der Waals surface area contributed by atoms with Gasteiger partial charge in [-0.05, 0) is 22.9 Å². The van der Waals surface area contributed by atoms with E-state index >= 15 is 0 Å². The summed E-state index contributed by atoms with van der Waals surface area (Å²) in [6.45, 7) is -0.353. The molecule has 0 saturated heterocycles. The molecule has 4 nitrogen and oxygen atoms in total. The Labute approximate surface area is 120 Å². The molecule has 102 valence electrons. The van der Waals surface area contributed by atoms with Crippen molar-refractivity contribution in [1.82, 2.24) is 0 Å². The van der Waals surface area contributed by atoms with E-state index in [9.17, 15) is 13.2 Å². The van der Waals surface area contributed by atoms with Gasteiger partial charge in [0.2, 0.25) is 9.84 Å². The summed E-state index contributed by atoms with van der Waals surface area (Å²) in [5.74, 6) is 0. The first-order valence-electron chi connectivity index (χ1n) is 5.80. The van der Waals surface area contributed by atoms with Gasteiger partial charge >= 0.3 is 5.43 Å². The van der Waals surface area contributed by atoms with E-state index in [0.29, 0.717) is 5.56 Å². The fourth-order valence-corrected chi connectivity index (χ4v) is 3.82. The van der Waals surface area contributed by atoms with Crippen LogP contribution in [0.5, 0.6) is 0 Å². The van der Waals surface area contributed by atoms with Crippen LogP contribution in [0.2, 0.25) is 0 Å². The topological polar surface area (TPSA) is 60.4 Å². The second-order valence-electron chi connectivity index (χ2n) is 4.34. The third-order valence-electron chi connectivity index (χ3n) is 3.20. The predicted molar refractivity (Wildman–Crippen MR) is 76.3 cm³/mol. The number of rotatable bonds is 2. The van der Waals surface area contributed by atoms with E-state index in [0.717, 1.165) is 10.8 Å². The molecule has 0 radical (unpaired) electrons. The van der Waals surface area contributed by atoms with Crippen LogP contribution in [0.15, 0.2) is 46.2 Å². The van der Waals surface area contributed by atoms with Gasteiger partial charge in [-0.3, -0.25) is 0 Å². The Morgan fingerprint density at radius 2 is 1.90 bits per heavy atom. The van der Waals surface area contributed by atoms with E-state index in [-0.39, 0.29) is 16.4 Å². The Balaban J connectivity index is 2.17. The molecule has 0 saturated carbocycles. The zero-order valence-electron chi connectivity index (χ0n) is 10.2. The number of hydrogen-bond donors (Lipinski definition) is 0. The van der Waals surface area contributed by atoms with E-state index in [1.807, 2.05) is 24.3 Å². The second-order valence-corrected chi connectivity index (χ2v) is 6.62. The average molecular weight is 309 g/mol. The Bertz CT molecular complexity index is 853. The van der Waals surface area contributed by atoms with Crippen LogP contribution in [-0.2, 0) is 14.6 Å². The normalized spacial score (nSPS) is 15.8. The fourth-order valence-electron chi connectivity index (χ4n) is 2.29. The monoisotopic (exact) mass is 308 g/mol. The third-order valence-corrected chi connectivity index (χ3v) is 5.17. The second kappa shape index (κ2) is 4.61.